The van der Waals surface area contributed by atoms with E-state index in [-0.39, 0.29) is 0 Å². The van der Waals surface area contributed by atoms with Gasteiger partial charge in [0.15, 0.2) is 11.5 Å². The summed E-state index contributed by atoms with van der Waals surface area (Å²) in [6, 6.07) is 8.06. The second kappa shape index (κ2) is 6.28. The van der Waals surface area contributed by atoms with Gasteiger partial charge in [0.2, 0.25) is 0 Å². The van der Waals surface area contributed by atoms with Crippen molar-refractivity contribution in [2.75, 3.05) is 0 Å². The van der Waals surface area contributed by atoms with Gasteiger partial charge >= 0.3 is 0 Å². The lowest BCUT2D eigenvalue weighted by molar-refractivity contribution is 1.10. The Morgan fingerprint density at radius 2 is 1.93 bits per heavy atom. The van der Waals surface area contributed by atoms with Crippen LogP contribution in [0.3, 0.4) is 0 Å². The Bertz CT molecular complexity index is 1450. The second-order valence-corrected chi connectivity index (χ2v) is 7.35. The Morgan fingerprint density at radius 1 is 0.931 bits per heavy atom. The summed E-state index contributed by atoms with van der Waals surface area (Å²) in [5.74, 6) is 0.652. The van der Waals surface area contributed by atoms with Crippen molar-refractivity contribution < 1.29 is 0 Å². The van der Waals surface area contributed by atoms with Crippen LogP contribution in [0.1, 0.15) is 0 Å². The number of hydrogen-bond acceptors (Lipinski definition) is 7. The number of imidazole rings is 1. The van der Waals surface area contributed by atoms with Gasteiger partial charge in [-0.1, -0.05) is 6.07 Å². The zero-order valence-corrected chi connectivity index (χ0v) is 15.7. The molecular weight excluding hydrogens is 384 g/mol. The Balaban J connectivity index is 1.53. The lowest BCUT2D eigenvalue weighted by Crippen LogP contribution is -1.88. The molecule has 138 valence electrons. The first-order valence-corrected chi connectivity index (χ1v) is 9.74. The van der Waals surface area contributed by atoms with Crippen LogP contribution < -0.4 is 0 Å². The van der Waals surface area contributed by atoms with Crippen molar-refractivity contribution in [2.24, 2.45) is 0 Å². The summed E-state index contributed by atoms with van der Waals surface area (Å²) >= 11 is 1.68. The quantitative estimate of drug-likeness (QED) is 0.466. The van der Waals surface area contributed by atoms with Gasteiger partial charge in [-0.2, -0.15) is 5.10 Å². The molecule has 6 aromatic heterocycles. The third kappa shape index (κ3) is 2.59. The number of aromatic nitrogens is 8. The highest BCUT2D eigenvalue weighted by Gasteiger charge is 2.17. The first-order chi connectivity index (χ1) is 14.4. The van der Waals surface area contributed by atoms with E-state index < -0.39 is 0 Å². The Labute approximate surface area is 167 Å². The highest BCUT2D eigenvalue weighted by Crippen LogP contribution is 2.33. The normalized spacial score (nSPS) is 11.4. The minimum absolute atomic E-state index is 0.652. The monoisotopic (exact) mass is 396 g/mol. The highest BCUT2D eigenvalue weighted by atomic mass is 32.1. The molecule has 0 unspecified atom stereocenters. The molecule has 0 aromatic carbocycles. The van der Waals surface area contributed by atoms with Gasteiger partial charge in [-0.3, -0.25) is 20.1 Å². The fourth-order valence-corrected chi connectivity index (χ4v) is 4.09. The average Bonchev–Trinajstić information content (AvgIpc) is 3.52. The number of nitrogens with one attached hydrogen (secondary N) is 2. The molecule has 0 aliphatic heterocycles. The van der Waals surface area contributed by atoms with E-state index in [0.717, 1.165) is 32.6 Å². The fraction of sp³-hybridized carbons (Fsp3) is 0. The molecule has 6 aromatic rings. The van der Waals surface area contributed by atoms with E-state index in [1.165, 1.54) is 0 Å². The smallest absolute Gasteiger partial charge is 0.178 e. The summed E-state index contributed by atoms with van der Waals surface area (Å²) in [7, 11) is 0. The van der Waals surface area contributed by atoms with Gasteiger partial charge in [-0.05, 0) is 23.6 Å². The molecular formula is C20H12N8S. The van der Waals surface area contributed by atoms with Crippen LogP contribution in [0, 0.1) is 0 Å². The molecule has 0 aliphatic carbocycles. The summed E-state index contributed by atoms with van der Waals surface area (Å²) in [4.78, 5) is 26.6. The molecule has 0 spiro atoms. The van der Waals surface area contributed by atoms with E-state index in [1.807, 2.05) is 18.2 Å². The molecule has 0 aliphatic rings. The van der Waals surface area contributed by atoms with E-state index in [9.17, 15) is 0 Å². The molecule has 0 atom stereocenters. The molecule has 0 saturated carbocycles. The maximum atomic E-state index is 4.69. The average molecular weight is 396 g/mol. The topological polar surface area (TPSA) is 109 Å². The van der Waals surface area contributed by atoms with Gasteiger partial charge in [0, 0.05) is 34.4 Å². The van der Waals surface area contributed by atoms with Crippen LogP contribution in [0.5, 0.6) is 0 Å². The van der Waals surface area contributed by atoms with Gasteiger partial charge in [0.1, 0.15) is 11.4 Å². The predicted octanol–water partition coefficient (Wildman–Crippen LogP) is 4.08. The Morgan fingerprint density at radius 3 is 2.79 bits per heavy atom. The molecule has 0 radical (unpaired) electrons. The third-order valence-electron chi connectivity index (χ3n) is 4.68. The summed E-state index contributed by atoms with van der Waals surface area (Å²) in [5, 5.41) is 10.5. The van der Waals surface area contributed by atoms with Crippen LogP contribution in [0.2, 0.25) is 0 Å². The molecule has 29 heavy (non-hydrogen) atoms. The number of aromatic amines is 2. The van der Waals surface area contributed by atoms with Crippen LogP contribution in [0.15, 0.2) is 60.6 Å². The molecule has 8 nitrogen and oxygen atoms in total. The maximum Gasteiger partial charge on any atom is 0.178 e. The van der Waals surface area contributed by atoms with Crippen molar-refractivity contribution in [1.82, 2.24) is 40.1 Å². The molecule has 0 fully saturated rings. The molecule has 0 amide bonds. The maximum absolute atomic E-state index is 4.69. The SMILES string of the molecule is c1csc(-c2ccnc3nc(-c4n[nH]c5cnc(-c6cnccn6)cc45)[nH]c23)c1. The highest BCUT2D eigenvalue weighted by molar-refractivity contribution is 7.13. The lowest BCUT2D eigenvalue weighted by Gasteiger charge is -1.99. The second-order valence-electron chi connectivity index (χ2n) is 6.40. The number of nitrogens with zero attached hydrogens (tertiary/aromatic N) is 6. The van der Waals surface area contributed by atoms with Crippen LogP contribution in [-0.4, -0.2) is 40.1 Å². The first kappa shape index (κ1) is 16.0. The molecule has 2 N–H and O–H groups in total. The van der Waals surface area contributed by atoms with E-state index >= 15 is 0 Å². The molecule has 9 heteroatoms. The van der Waals surface area contributed by atoms with E-state index in [4.69, 9.17) is 0 Å². The first-order valence-electron chi connectivity index (χ1n) is 8.86. The zero-order valence-electron chi connectivity index (χ0n) is 14.9. The number of hydrogen-bond donors (Lipinski definition) is 2. The lowest BCUT2D eigenvalue weighted by atomic mass is 10.2. The van der Waals surface area contributed by atoms with Gasteiger partial charge in [-0.15, -0.1) is 11.3 Å². The predicted molar refractivity (Wildman–Crippen MR) is 111 cm³/mol. The van der Waals surface area contributed by atoms with Crippen molar-refractivity contribution in [2.45, 2.75) is 0 Å². The van der Waals surface area contributed by atoms with Crippen LogP contribution >= 0.6 is 11.3 Å². The number of fused-ring (bicyclic) bond motifs is 2. The van der Waals surface area contributed by atoms with Crippen molar-refractivity contribution >= 4 is 33.4 Å². The van der Waals surface area contributed by atoms with Gasteiger partial charge in [0.05, 0.1) is 29.1 Å². The zero-order chi connectivity index (χ0) is 19.2. The molecule has 6 heterocycles. The van der Waals surface area contributed by atoms with Gasteiger partial charge < -0.3 is 4.98 Å². The fourth-order valence-electron chi connectivity index (χ4n) is 3.33. The van der Waals surface area contributed by atoms with Crippen molar-refractivity contribution in [3.05, 3.63) is 60.6 Å². The van der Waals surface area contributed by atoms with E-state index in [2.05, 4.69) is 51.5 Å². The molecule has 6 rings (SSSR count). The van der Waals surface area contributed by atoms with E-state index in [1.54, 1.807) is 42.3 Å². The largest absolute Gasteiger partial charge is 0.335 e. The molecule has 0 saturated heterocycles. The third-order valence-corrected chi connectivity index (χ3v) is 5.58. The summed E-state index contributed by atoms with van der Waals surface area (Å²) in [5.41, 5.74) is 5.58. The summed E-state index contributed by atoms with van der Waals surface area (Å²) in [6.45, 7) is 0. The summed E-state index contributed by atoms with van der Waals surface area (Å²) in [6.07, 6.45) is 8.49. The van der Waals surface area contributed by atoms with Gasteiger partial charge in [-0.25, -0.2) is 9.97 Å². The number of rotatable bonds is 3. The Hall–Kier alpha value is -3.98. The Kier molecular flexibility index (Phi) is 3.47. The van der Waals surface area contributed by atoms with Crippen molar-refractivity contribution in [3.8, 4) is 33.3 Å². The van der Waals surface area contributed by atoms with E-state index in [0.29, 0.717) is 22.9 Å². The van der Waals surface area contributed by atoms with Crippen LogP contribution in [-0.2, 0) is 0 Å². The number of thiophene rings is 1. The van der Waals surface area contributed by atoms with Crippen molar-refractivity contribution in [3.63, 3.8) is 0 Å². The van der Waals surface area contributed by atoms with Crippen LogP contribution in [0.4, 0.5) is 0 Å². The van der Waals surface area contributed by atoms with Crippen molar-refractivity contribution in [1.29, 1.82) is 0 Å². The minimum atomic E-state index is 0.652. The minimum Gasteiger partial charge on any atom is -0.335 e. The van der Waals surface area contributed by atoms with Crippen LogP contribution in [0.25, 0.3) is 55.4 Å². The standard InChI is InChI=1S/C20H12N8S/c1-2-16(29-7-1)11-3-4-23-19-17(11)25-20(26-19)18-12-8-13(15-9-21-5-6-22-15)24-10-14(12)27-28-18/h1-10H,(H,27,28)(H,23,25,26). The number of pyridine rings is 2. The number of H-pyrrole nitrogens is 2. The summed E-state index contributed by atoms with van der Waals surface area (Å²) < 4.78 is 0. The van der Waals surface area contributed by atoms with Gasteiger partial charge in [0.25, 0.3) is 0 Å². The molecule has 0 bridgehead atoms.